The number of carbonyl (C=O) groups excluding carboxylic acids is 1. The number of fused-ring (bicyclic) bond motifs is 1. The number of aliphatic hydroxyl groups excluding tert-OH is 1. The highest BCUT2D eigenvalue weighted by Gasteiger charge is 2.25. The number of nitrogens with zero attached hydrogens (tertiary/aromatic N) is 3. The summed E-state index contributed by atoms with van der Waals surface area (Å²) < 4.78 is 0. The third-order valence-electron chi connectivity index (χ3n) is 3.96. The lowest BCUT2D eigenvalue weighted by atomic mass is 10.0. The molecule has 3 aromatic heterocycles. The van der Waals surface area contributed by atoms with Crippen LogP contribution in [0.3, 0.4) is 0 Å². The predicted octanol–water partition coefficient (Wildman–Crippen LogP) is 2.89. The summed E-state index contributed by atoms with van der Waals surface area (Å²) >= 11 is 6.35. The number of hydrogen-bond acceptors (Lipinski definition) is 4. The molecule has 120 valence electrons. The zero-order valence-electron chi connectivity index (χ0n) is 12.5. The van der Waals surface area contributed by atoms with Crippen molar-refractivity contribution in [3.63, 3.8) is 0 Å². The van der Waals surface area contributed by atoms with Crippen molar-refractivity contribution in [2.45, 2.75) is 12.5 Å². The fourth-order valence-corrected chi connectivity index (χ4v) is 3.06. The van der Waals surface area contributed by atoms with E-state index in [-0.39, 0.29) is 0 Å². The van der Waals surface area contributed by atoms with Gasteiger partial charge in [-0.3, -0.25) is 9.69 Å². The molecule has 24 heavy (non-hydrogen) atoms. The molecule has 2 N–H and O–H groups in total. The van der Waals surface area contributed by atoms with E-state index in [4.69, 9.17) is 11.6 Å². The van der Waals surface area contributed by atoms with Crippen LogP contribution in [0.25, 0.3) is 22.2 Å². The van der Waals surface area contributed by atoms with E-state index in [0.717, 1.165) is 22.2 Å². The first kappa shape index (κ1) is 14.9. The summed E-state index contributed by atoms with van der Waals surface area (Å²) in [6.07, 6.45) is 7.64. The van der Waals surface area contributed by atoms with Crippen molar-refractivity contribution < 1.29 is 9.90 Å². The summed E-state index contributed by atoms with van der Waals surface area (Å²) in [7, 11) is 0. The van der Waals surface area contributed by atoms with Crippen molar-refractivity contribution in [3.05, 3.63) is 54.1 Å². The van der Waals surface area contributed by atoms with Crippen molar-refractivity contribution >= 4 is 34.4 Å². The summed E-state index contributed by atoms with van der Waals surface area (Å²) in [6.45, 7) is 0. The molecule has 6 nitrogen and oxygen atoms in total. The SMILES string of the molecule is O=C1C(O)CC=CN1c1cc(-c2c(Cl)cnc3[nH]ccc23)ccn1. The van der Waals surface area contributed by atoms with E-state index in [0.29, 0.717) is 17.3 Å². The molecule has 4 rings (SSSR count). The van der Waals surface area contributed by atoms with Crippen LogP contribution in [-0.2, 0) is 4.79 Å². The molecule has 0 saturated carbocycles. The number of amides is 1. The van der Waals surface area contributed by atoms with Crippen molar-refractivity contribution in [2.24, 2.45) is 0 Å². The standard InChI is InChI=1S/C17H13ClN4O2/c18-12-9-21-16-11(4-6-20-16)15(12)10-3-5-19-14(8-10)22-7-1-2-13(23)17(22)24/h1,3-9,13,23H,2H2,(H,20,21). The van der Waals surface area contributed by atoms with Gasteiger partial charge in [0.1, 0.15) is 17.6 Å². The quantitative estimate of drug-likeness (QED) is 0.751. The van der Waals surface area contributed by atoms with E-state index in [1.54, 1.807) is 36.9 Å². The number of pyridine rings is 2. The smallest absolute Gasteiger partial charge is 0.261 e. The van der Waals surface area contributed by atoms with Gasteiger partial charge >= 0.3 is 0 Å². The molecule has 4 heterocycles. The second-order valence-electron chi connectivity index (χ2n) is 5.47. The molecule has 0 fully saturated rings. The maximum Gasteiger partial charge on any atom is 0.261 e. The number of aromatic nitrogens is 3. The van der Waals surface area contributed by atoms with Gasteiger partial charge in [-0.15, -0.1) is 0 Å². The Kier molecular flexibility index (Phi) is 3.55. The minimum Gasteiger partial charge on any atom is -0.383 e. The van der Waals surface area contributed by atoms with Crippen molar-refractivity contribution in [3.8, 4) is 11.1 Å². The van der Waals surface area contributed by atoms with Crippen LogP contribution in [0.15, 0.2) is 49.1 Å². The number of hydrogen-bond donors (Lipinski definition) is 2. The molecule has 3 aromatic rings. The van der Waals surface area contributed by atoms with Crippen LogP contribution in [0.1, 0.15) is 6.42 Å². The Balaban J connectivity index is 1.85. The molecule has 0 aliphatic carbocycles. The van der Waals surface area contributed by atoms with Gasteiger partial charge in [0.05, 0.1) is 5.02 Å². The van der Waals surface area contributed by atoms with E-state index in [1.807, 2.05) is 12.1 Å². The van der Waals surface area contributed by atoms with Crippen LogP contribution in [0.4, 0.5) is 5.82 Å². The second-order valence-corrected chi connectivity index (χ2v) is 5.88. The Hall–Kier alpha value is -2.70. The highest BCUT2D eigenvalue weighted by Crippen LogP contribution is 2.35. The van der Waals surface area contributed by atoms with Crippen LogP contribution < -0.4 is 4.90 Å². The normalized spacial score (nSPS) is 17.7. The molecule has 7 heteroatoms. The average Bonchev–Trinajstić information content (AvgIpc) is 3.06. The van der Waals surface area contributed by atoms with E-state index >= 15 is 0 Å². The highest BCUT2D eigenvalue weighted by atomic mass is 35.5. The number of halogens is 1. The van der Waals surface area contributed by atoms with Crippen LogP contribution in [-0.4, -0.2) is 32.1 Å². The molecular weight excluding hydrogens is 328 g/mol. The predicted molar refractivity (Wildman–Crippen MR) is 91.6 cm³/mol. The molecule has 1 amide bonds. The van der Waals surface area contributed by atoms with Crippen molar-refractivity contribution in [2.75, 3.05) is 4.90 Å². The lowest BCUT2D eigenvalue weighted by Crippen LogP contribution is -2.38. The van der Waals surface area contributed by atoms with Crippen LogP contribution in [0, 0.1) is 0 Å². The molecule has 1 unspecified atom stereocenters. The zero-order chi connectivity index (χ0) is 16.7. The second kappa shape index (κ2) is 5.74. The summed E-state index contributed by atoms with van der Waals surface area (Å²) in [5.41, 5.74) is 2.37. The van der Waals surface area contributed by atoms with Gasteiger partial charge in [0, 0.05) is 42.2 Å². The summed E-state index contributed by atoms with van der Waals surface area (Å²) in [5.74, 6) is 0.0406. The molecule has 0 radical (unpaired) electrons. The molecule has 0 bridgehead atoms. The molecule has 0 aromatic carbocycles. The lowest BCUT2D eigenvalue weighted by molar-refractivity contribution is -0.126. The number of nitrogens with one attached hydrogen (secondary N) is 1. The Morgan fingerprint density at radius 1 is 1.33 bits per heavy atom. The van der Waals surface area contributed by atoms with Crippen LogP contribution >= 0.6 is 11.6 Å². The molecule has 1 atom stereocenters. The number of carbonyl (C=O) groups is 1. The number of aliphatic hydroxyl groups is 1. The first-order chi connectivity index (χ1) is 11.6. The third-order valence-corrected chi connectivity index (χ3v) is 4.24. The van der Waals surface area contributed by atoms with E-state index in [1.165, 1.54) is 4.90 Å². The van der Waals surface area contributed by atoms with E-state index < -0.39 is 12.0 Å². The summed E-state index contributed by atoms with van der Waals surface area (Å²) in [6, 6.07) is 5.50. The number of H-pyrrole nitrogens is 1. The summed E-state index contributed by atoms with van der Waals surface area (Å²) in [5, 5.41) is 11.2. The third kappa shape index (κ3) is 2.36. The van der Waals surface area contributed by atoms with Crippen LogP contribution in [0.5, 0.6) is 0 Å². The van der Waals surface area contributed by atoms with Gasteiger partial charge in [-0.1, -0.05) is 17.7 Å². The Morgan fingerprint density at radius 2 is 2.21 bits per heavy atom. The van der Waals surface area contributed by atoms with Crippen LogP contribution in [0.2, 0.25) is 5.02 Å². The van der Waals surface area contributed by atoms with Crippen molar-refractivity contribution in [1.29, 1.82) is 0 Å². The molecule has 0 spiro atoms. The van der Waals surface area contributed by atoms with Gasteiger partial charge < -0.3 is 10.1 Å². The minimum atomic E-state index is -1.04. The Bertz CT molecular complexity index is 966. The fraction of sp³-hybridized carbons (Fsp3) is 0.118. The number of anilines is 1. The average molecular weight is 341 g/mol. The number of rotatable bonds is 2. The van der Waals surface area contributed by atoms with Gasteiger partial charge in [0.2, 0.25) is 0 Å². The van der Waals surface area contributed by atoms with Gasteiger partial charge in [-0.2, -0.15) is 0 Å². The van der Waals surface area contributed by atoms with E-state index in [9.17, 15) is 9.90 Å². The minimum absolute atomic E-state index is 0.315. The molecule has 1 aliphatic heterocycles. The number of aromatic amines is 1. The molecule has 1 aliphatic rings. The zero-order valence-corrected chi connectivity index (χ0v) is 13.2. The maximum absolute atomic E-state index is 12.2. The first-order valence-electron chi connectivity index (χ1n) is 7.41. The Morgan fingerprint density at radius 3 is 3.08 bits per heavy atom. The van der Waals surface area contributed by atoms with Gasteiger partial charge in [-0.05, 0) is 23.8 Å². The lowest BCUT2D eigenvalue weighted by Gasteiger charge is -2.24. The highest BCUT2D eigenvalue weighted by molar-refractivity contribution is 6.34. The maximum atomic E-state index is 12.2. The van der Waals surface area contributed by atoms with Crippen molar-refractivity contribution in [1.82, 2.24) is 15.0 Å². The molecule has 0 saturated heterocycles. The molecular formula is C17H13ClN4O2. The largest absolute Gasteiger partial charge is 0.383 e. The first-order valence-corrected chi connectivity index (χ1v) is 7.79. The van der Waals surface area contributed by atoms with Gasteiger partial charge in [-0.25, -0.2) is 9.97 Å². The van der Waals surface area contributed by atoms with Gasteiger partial charge in [0.15, 0.2) is 0 Å². The van der Waals surface area contributed by atoms with E-state index in [2.05, 4.69) is 15.0 Å². The van der Waals surface area contributed by atoms with Gasteiger partial charge in [0.25, 0.3) is 5.91 Å². The Labute approximate surface area is 142 Å². The topological polar surface area (TPSA) is 82.1 Å². The fourth-order valence-electron chi connectivity index (χ4n) is 2.80. The monoisotopic (exact) mass is 340 g/mol. The summed E-state index contributed by atoms with van der Waals surface area (Å²) in [4.78, 5) is 25.1.